The van der Waals surface area contributed by atoms with Gasteiger partial charge in [-0.1, -0.05) is 65.5 Å². The highest BCUT2D eigenvalue weighted by Crippen LogP contribution is 2.67. The highest BCUT2D eigenvalue weighted by Gasteiger charge is 2.59. The molecule has 0 aromatic rings. The maximum absolute atomic E-state index is 11.8. The van der Waals surface area contributed by atoms with Gasteiger partial charge in [-0.05, 0) is 91.3 Å². The number of hydrogen-bond donors (Lipinski definition) is 2. The Kier molecular flexibility index (Phi) is 7.41. The predicted octanol–water partition coefficient (Wildman–Crippen LogP) is 7.80. The zero-order valence-electron chi connectivity index (χ0n) is 22.1. The third kappa shape index (κ3) is 4.78. The minimum absolute atomic E-state index is 0.203. The van der Waals surface area contributed by atoms with E-state index in [0.29, 0.717) is 5.41 Å². The molecule has 3 fully saturated rings. The quantitative estimate of drug-likeness (QED) is 0.386. The van der Waals surface area contributed by atoms with Crippen LogP contribution in [0.15, 0.2) is 11.6 Å². The highest BCUT2D eigenvalue weighted by molar-refractivity contribution is 5.86. The van der Waals surface area contributed by atoms with Crippen molar-refractivity contribution in [2.75, 3.05) is 0 Å². The SMILES string of the molecule is CC(C)CCC[C@@H](C)[C@H]1CCC2C3CC=C4CC(OC(=O)NC(=O)O)CC[C@]4(C)C3CC[C@@]21C. The molecule has 0 bridgehead atoms. The molecule has 0 radical (unpaired) electrons. The van der Waals surface area contributed by atoms with Gasteiger partial charge in [0.25, 0.3) is 0 Å². The van der Waals surface area contributed by atoms with Crippen molar-refractivity contribution in [3.05, 3.63) is 11.6 Å². The van der Waals surface area contributed by atoms with Crippen LogP contribution in [0.3, 0.4) is 0 Å². The molecule has 0 heterocycles. The van der Waals surface area contributed by atoms with Gasteiger partial charge < -0.3 is 9.84 Å². The van der Waals surface area contributed by atoms with E-state index in [1.165, 1.54) is 56.9 Å². The van der Waals surface area contributed by atoms with Gasteiger partial charge in [-0.15, -0.1) is 0 Å². The number of alkyl carbamates (subject to hydrolysis) is 1. The fourth-order valence-corrected chi connectivity index (χ4v) is 9.02. The van der Waals surface area contributed by atoms with Crippen molar-refractivity contribution in [3.8, 4) is 0 Å². The predicted molar refractivity (Wildman–Crippen MR) is 134 cm³/mol. The zero-order chi connectivity index (χ0) is 24.7. The summed E-state index contributed by atoms with van der Waals surface area (Å²) in [5.74, 6) is 4.88. The van der Waals surface area contributed by atoms with E-state index >= 15 is 0 Å². The standard InChI is InChI=1S/C29H47NO4/c1-18(2)7-6-8-19(3)23-11-12-24-22-10-9-20-17-21(34-27(33)30-26(31)32)13-15-28(20,4)25(22)14-16-29(23,24)5/h9,18-19,21-25H,6-8,10-17H2,1-5H3,(H,30,33)(H,31,32)/t19-,21?,22?,23-,24?,25?,28+,29-/m1/s1. The molecule has 4 rings (SSSR count). The van der Waals surface area contributed by atoms with Crippen LogP contribution in [0, 0.1) is 46.3 Å². The topological polar surface area (TPSA) is 75.6 Å². The van der Waals surface area contributed by atoms with E-state index in [2.05, 4.69) is 40.7 Å². The van der Waals surface area contributed by atoms with Crippen LogP contribution in [0.25, 0.3) is 0 Å². The number of ether oxygens (including phenoxy) is 1. The Morgan fingerprint density at radius 1 is 1.09 bits per heavy atom. The maximum Gasteiger partial charge on any atom is 0.416 e. The second kappa shape index (κ2) is 9.85. The second-order valence-corrected chi connectivity index (χ2v) is 13.0. The zero-order valence-corrected chi connectivity index (χ0v) is 22.1. The fraction of sp³-hybridized carbons (Fsp3) is 0.862. The van der Waals surface area contributed by atoms with Gasteiger partial charge in [0.1, 0.15) is 6.10 Å². The van der Waals surface area contributed by atoms with Gasteiger partial charge >= 0.3 is 12.2 Å². The first-order valence-electron chi connectivity index (χ1n) is 13.9. The number of carbonyl (C=O) groups is 2. The van der Waals surface area contributed by atoms with Crippen LogP contribution in [0.1, 0.15) is 105 Å². The van der Waals surface area contributed by atoms with E-state index in [-0.39, 0.29) is 11.5 Å². The summed E-state index contributed by atoms with van der Waals surface area (Å²) in [5.41, 5.74) is 2.15. The molecule has 0 spiro atoms. The lowest BCUT2D eigenvalue weighted by atomic mass is 9.47. The first kappa shape index (κ1) is 25.6. The van der Waals surface area contributed by atoms with Gasteiger partial charge in [-0.25, -0.2) is 14.9 Å². The average molecular weight is 474 g/mol. The molecular formula is C29H47NO4. The number of carboxylic acid groups (broad SMARTS) is 1. The molecule has 4 aliphatic carbocycles. The van der Waals surface area contributed by atoms with Crippen molar-refractivity contribution in [3.63, 3.8) is 0 Å². The Morgan fingerprint density at radius 3 is 2.56 bits per heavy atom. The number of carbonyl (C=O) groups excluding carboxylic acids is 1. The van der Waals surface area contributed by atoms with Crippen molar-refractivity contribution >= 4 is 12.2 Å². The Labute approximate surface area is 206 Å². The fourth-order valence-electron chi connectivity index (χ4n) is 9.02. The molecule has 8 atom stereocenters. The number of hydrogen-bond acceptors (Lipinski definition) is 3. The largest absolute Gasteiger partial charge is 0.465 e. The van der Waals surface area contributed by atoms with Gasteiger partial charge in [-0.3, -0.25) is 0 Å². The summed E-state index contributed by atoms with van der Waals surface area (Å²) >= 11 is 0. The average Bonchev–Trinajstić information content (AvgIpc) is 3.10. The van der Waals surface area contributed by atoms with E-state index in [1.54, 1.807) is 0 Å². The van der Waals surface area contributed by atoms with Gasteiger partial charge in [-0.2, -0.15) is 0 Å². The number of rotatable bonds is 6. The van der Waals surface area contributed by atoms with Crippen LogP contribution >= 0.6 is 0 Å². The van der Waals surface area contributed by atoms with Gasteiger partial charge in [0.05, 0.1) is 0 Å². The Morgan fingerprint density at radius 2 is 1.85 bits per heavy atom. The molecule has 4 unspecified atom stereocenters. The first-order chi connectivity index (χ1) is 16.0. The molecule has 2 N–H and O–H groups in total. The van der Waals surface area contributed by atoms with Crippen LogP contribution in [0.5, 0.6) is 0 Å². The smallest absolute Gasteiger partial charge is 0.416 e. The lowest BCUT2D eigenvalue weighted by Crippen LogP contribution is -2.51. The molecule has 3 saturated carbocycles. The van der Waals surface area contributed by atoms with Crippen molar-refractivity contribution in [2.45, 2.75) is 111 Å². The molecule has 0 aromatic heterocycles. The van der Waals surface area contributed by atoms with Gasteiger partial charge in [0.15, 0.2) is 0 Å². The molecule has 5 nitrogen and oxygen atoms in total. The van der Waals surface area contributed by atoms with Crippen molar-refractivity contribution in [1.29, 1.82) is 0 Å². The summed E-state index contributed by atoms with van der Waals surface area (Å²) in [6, 6.07) is 0. The molecule has 2 amide bonds. The first-order valence-corrected chi connectivity index (χ1v) is 13.9. The van der Waals surface area contributed by atoms with E-state index < -0.39 is 12.2 Å². The summed E-state index contributed by atoms with van der Waals surface area (Å²) in [4.78, 5) is 22.5. The van der Waals surface area contributed by atoms with Gasteiger partial charge in [0.2, 0.25) is 0 Å². The maximum atomic E-state index is 11.8. The molecule has 5 heteroatoms. The third-order valence-corrected chi connectivity index (χ3v) is 10.7. The van der Waals surface area contributed by atoms with Crippen molar-refractivity contribution in [2.24, 2.45) is 46.3 Å². The third-order valence-electron chi connectivity index (χ3n) is 10.7. The molecule has 0 saturated heterocycles. The van der Waals surface area contributed by atoms with Crippen molar-refractivity contribution < 1.29 is 19.4 Å². The second-order valence-electron chi connectivity index (χ2n) is 13.0. The lowest BCUT2D eigenvalue weighted by Gasteiger charge is -2.58. The molecular weight excluding hydrogens is 426 g/mol. The molecule has 192 valence electrons. The summed E-state index contributed by atoms with van der Waals surface area (Å²) < 4.78 is 5.43. The monoisotopic (exact) mass is 473 g/mol. The van der Waals surface area contributed by atoms with Crippen LogP contribution in [-0.4, -0.2) is 23.4 Å². The van der Waals surface area contributed by atoms with E-state index in [4.69, 9.17) is 9.84 Å². The summed E-state index contributed by atoms with van der Waals surface area (Å²) in [6.45, 7) is 12.3. The van der Waals surface area contributed by atoms with Crippen molar-refractivity contribution in [1.82, 2.24) is 5.32 Å². The van der Waals surface area contributed by atoms with Gasteiger partial charge in [0, 0.05) is 6.42 Å². The number of amides is 2. The van der Waals surface area contributed by atoms with E-state index in [1.807, 2.05) is 5.32 Å². The molecule has 0 aliphatic heterocycles. The number of nitrogens with one attached hydrogen (secondary N) is 1. The van der Waals surface area contributed by atoms with Crippen LogP contribution < -0.4 is 5.32 Å². The summed E-state index contributed by atoms with van der Waals surface area (Å²) in [7, 11) is 0. The normalized spacial score (nSPS) is 39.9. The van der Waals surface area contributed by atoms with E-state index in [9.17, 15) is 9.59 Å². The molecule has 34 heavy (non-hydrogen) atoms. The van der Waals surface area contributed by atoms with Crippen LogP contribution in [0.2, 0.25) is 0 Å². The Hall–Kier alpha value is -1.52. The summed E-state index contributed by atoms with van der Waals surface area (Å²) in [6.07, 6.45) is 13.5. The number of fused-ring (bicyclic) bond motifs is 5. The Balaban J connectivity index is 1.43. The minimum Gasteiger partial charge on any atom is -0.465 e. The van der Waals surface area contributed by atoms with Crippen LogP contribution in [-0.2, 0) is 4.74 Å². The molecule has 4 aliphatic rings. The number of imide groups is 1. The highest BCUT2D eigenvalue weighted by atomic mass is 16.6. The van der Waals surface area contributed by atoms with E-state index in [0.717, 1.165) is 54.8 Å². The summed E-state index contributed by atoms with van der Waals surface area (Å²) in [5, 5.41) is 10.6. The number of allylic oxidation sites excluding steroid dienone is 1. The Bertz CT molecular complexity index is 806. The minimum atomic E-state index is -1.36. The van der Waals surface area contributed by atoms with Crippen LogP contribution in [0.4, 0.5) is 9.59 Å². The lowest BCUT2D eigenvalue weighted by molar-refractivity contribution is -0.0580. The molecule has 0 aromatic carbocycles.